The van der Waals surface area contributed by atoms with Crippen LogP contribution in [0.2, 0.25) is 0 Å². The summed E-state index contributed by atoms with van der Waals surface area (Å²) in [6, 6.07) is 0. The first-order valence-electron chi connectivity index (χ1n) is 6.77. The van der Waals surface area contributed by atoms with Crippen LogP contribution in [0.5, 0.6) is 0 Å². The SMILES string of the molecule is CCCC(Cl)Cc1ncnc2c1CCCCC2. The van der Waals surface area contributed by atoms with Crippen LogP contribution in [-0.2, 0) is 19.3 Å². The van der Waals surface area contributed by atoms with Crippen molar-refractivity contribution in [2.24, 2.45) is 0 Å². The zero-order chi connectivity index (χ0) is 12.1. The molecule has 3 heteroatoms. The van der Waals surface area contributed by atoms with Gasteiger partial charge < -0.3 is 0 Å². The van der Waals surface area contributed by atoms with E-state index in [9.17, 15) is 0 Å². The molecule has 2 nitrogen and oxygen atoms in total. The third-order valence-corrected chi connectivity index (χ3v) is 3.85. The fourth-order valence-electron chi connectivity index (χ4n) is 2.57. The van der Waals surface area contributed by atoms with Crippen molar-refractivity contribution in [2.75, 3.05) is 0 Å². The standard InChI is InChI=1S/C14H21ClN2/c1-2-6-11(15)9-14-12-7-4-3-5-8-13(12)16-10-17-14/h10-11H,2-9H2,1H3. The number of hydrogen-bond acceptors (Lipinski definition) is 2. The van der Waals surface area contributed by atoms with Crippen LogP contribution in [0.3, 0.4) is 0 Å². The molecule has 1 aromatic heterocycles. The Morgan fingerprint density at radius 2 is 2.06 bits per heavy atom. The molecule has 1 heterocycles. The quantitative estimate of drug-likeness (QED) is 0.603. The molecule has 0 fully saturated rings. The van der Waals surface area contributed by atoms with Gasteiger partial charge in [-0.05, 0) is 37.7 Å². The predicted octanol–water partition coefficient (Wildman–Crippen LogP) is 3.70. The molecule has 0 aliphatic heterocycles. The summed E-state index contributed by atoms with van der Waals surface area (Å²) < 4.78 is 0. The molecule has 1 unspecified atom stereocenters. The number of hydrogen-bond donors (Lipinski definition) is 0. The molecule has 0 N–H and O–H groups in total. The third kappa shape index (κ3) is 3.41. The van der Waals surface area contributed by atoms with Gasteiger partial charge in [-0.25, -0.2) is 9.97 Å². The maximum atomic E-state index is 6.34. The van der Waals surface area contributed by atoms with Crippen LogP contribution in [0.1, 0.15) is 56.0 Å². The highest BCUT2D eigenvalue weighted by Crippen LogP contribution is 2.23. The van der Waals surface area contributed by atoms with Crippen molar-refractivity contribution in [3.63, 3.8) is 0 Å². The van der Waals surface area contributed by atoms with Gasteiger partial charge in [-0.3, -0.25) is 0 Å². The lowest BCUT2D eigenvalue weighted by atomic mass is 10.0. The lowest BCUT2D eigenvalue weighted by Gasteiger charge is -2.13. The fraction of sp³-hybridized carbons (Fsp3) is 0.714. The highest BCUT2D eigenvalue weighted by molar-refractivity contribution is 6.20. The third-order valence-electron chi connectivity index (χ3n) is 3.48. The Hall–Kier alpha value is -0.630. The Balaban J connectivity index is 2.16. The largest absolute Gasteiger partial charge is 0.241 e. The summed E-state index contributed by atoms with van der Waals surface area (Å²) >= 11 is 6.34. The van der Waals surface area contributed by atoms with Gasteiger partial charge in [-0.15, -0.1) is 11.6 Å². The molecular formula is C14H21ClN2. The highest BCUT2D eigenvalue weighted by Gasteiger charge is 2.16. The minimum Gasteiger partial charge on any atom is -0.241 e. The van der Waals surface area contributed by atoms with E-state index in [1.807, 2.05) is 0 Å². The van der Waals surface area contributed by atoms with E-state index >= 15 is 0 Å². The second kappa shape index (κ2) is 6.34. The summed E-state index contributed by atoms with van der Waals surface area (Å²) in [4.78, 5) is 8.90. The van der Waals surface area contributed by atoms with Crippen molar-refractivity contribution in [1.29, 1.82) is 0 Å². The van der Waals surface area contributed by atoms with Crippen molar-refractivity contribution in [2.45, 2.75) is 63.7 Å². The van der Waals surface area contributed by atoms with Gasteiger partial charge in [0.05, 0.1) is 0 Å². The first kappa shape index (κ1) is 12.8. The Morgan fingerprint density at radius 3 is 2.88 bits per heavy atom. The second-order valence-electron chi connectivity index (χ2n) is 4.90. The summed E-state index contributed by atoms with van der Waals surface area (Å²) in [5, 5.41) is 0.224. The number of alkyl halides is 1. The molecule has 0 spiro atoms. The molecule has 0 saturated heterocycles. The van der Waals surface area contributed by atoms with Gasteiger partial charge in [0.1, 0.15) is 6.33 Å². The van der Waals surface area contributed by atoms with Crippen LogP contribution in [0.25, 0.3) is 0 Å². The summed E-state index contributed by atoms with van der Waals surface area (Å²) in [5.41, 5.74) is 3.87. The van der Waals surface area contributed by atoms with Gasteiger partial charge >= 0.3 is 0 Å². The summed E-state index contributed by atoms with van der Waals surface area (Å²) in [6.07, 6.45) is 10.9. The van der Waals surface area contributed by atoms with E-state index in [0.717, 1.165) is 32.1 Å². The average Bonchev–Trinajstić information content (AvgIpc) is 2.55. The van der Waals surface area contributed by atoms with E-state index in [-0.39, 0.29) is 5.38 Å². The molecule has 1 aliphatic rings. The molecule has 1 aliphatic carbocycles. The fourth-order valence-corrected chi connectivity index (χ4v) is 2.93. The second-order valence-corrected chi connectivity index (χ2v) is 5.51. The number of aromatic nitrogens is 2. The minimum absolute atomic E-state index is 0.224. The average molecular weight is 253 g/mol. The van der Waals surface area contributed by atoms with E-state index in [1.54, 1.807) is 6.33 Å². The van der Waals surface area contributed by atoms with Crippen LogP contribution < -0.4 is 0 Å². The van der Waals surface area contributed by atoms with E-state index in [4.69, 9.17) is 11.6 Å². The maximum absolute atomic E-state index is 6.34. The zero-order valence-electron chi connectivity index (χ0n) is 10.6. The van der Waals surface area contributed by atoms with Gasteiger partial charge in [0.25, 0.3) is 0 Å². The van der Waals surface area contributed by atoms with Crippen LogP contribution in [0.15, 0.2) is 6.33 Å². The molecular weight excluding hydrogens is 232 g/mol. The summed E-state index contributed by atoms with van der Waals surface area (Å²) in [5.74, 6) is 0. The molecule has 0 bridgehead atoms. The molecule has 17 heavy (non-hydrogen) atoms. The number of aryl methyl sites for hydroxylation is 1. The Kier molecular flexibility index (Phi) is 4.78. The molecule has 94 valence electrons. The molecule has 0 saturated carbocycles. The number of fused-ring (bicyclic) bond motifs is 1. The van der Waals surface area contributed by atoms with E-state index in [1.165, 1.54) is 36.2 Å². The van der Waals surface area contributed by atoms with Crippen molar-refractivity contribution >= 4 is 11.6 Å². The van der Waals surface area contributed by atoms with Crippen molar-refractivity contribution in [1.82, 2.24) is 9.97 Å². The zero-order valence-corrected chi connectivity index (χ0v) is 11.3. The number of rotatable bonds is 4. The van der Waals surface area contributed by atoms with Crippen molar-refractivity contribution in [3.05, 3.63) is 23.3 Å². The van der Waals surface area contributed by atoms with E-state index in [2.05, 4.69) is 16.9 Å². The maximum Gasteiger partial charge on any atom is 0.115 e. The molecule has 0 radical (unpaired) electrons. The smallest absolute Gasteiger partial charge is 0.115 e. The minimum atomic E-state index is 0.224. The van der Waals surface area contributed by atoms with E-state index in [0.29, 0.717) is 0 Å². The van der Waals surface area contributed by atoms with Gasteiger partial charge in [0, 0.05) is 23.2 Å². The Labute approximate surface area is 109 Å². The van der Waals surface area contributed by atoms with Gasteiger partial charge in [-0.1, -0.05) is 19.8 Å². The highest BCUT2D eigenvalue weighted by atomic mass is 35.5. The molecule has 0 aromatic carbocycles. The number of halogens is 1. The van der Waals surface area contributed by atoms with Gasteiger partial charge in [0.15, 0.2) is 0 Å². The van der Waals surface area contributed by atoms with Gasteiger partial charge in [0.2, 0.25) is 0 Å². The van der Waals surface area contributed by atoms with Crippen molar-refractivity contribution < 1.29 is 0 Å². The van der Waals surface area contributed by atoms with E-state index < -0.39 is 0 Å². The summed E-state index contributed by atoms with van der Waals surface area (Å²) in [7, 11) is 0. The van der Waals surface area contributed by atoms with Crippen LogP contribution >= 0.6 is 11.6 Å². The lowest BCUT2D eigenvalue weighted by Crippen LogP contribution is -2.10. The first-order chi connectivity index (χ1) is 8.31. The summed E-state index contributed by atoms with van der Waals surface area (Å²) in [6.45, 7) is 2.18. The van der Waals surface area contributed by atoms with Crippen LogP contribution in [-0.4, -0.2) is 15.3 Å². The molecule has 1 atom stereocenters. The van der Waals surface area contributed by atoms with Crippen LogP contribution in [0, 0.1) is 0 Å². The lowest BCUT2D eigenvalue weighted by molar-refractivity contribution is 0.697. The predicted molar refractivity (Wildman–Crippen MR) is 71.5 cm³/mol. The van der Waals surface area contributed by atoms with Crippen molar-refractivity contribution in [3.8, 4) is 0 Å². The molecule has 1 aromatic rings. The molecule has 2 rings (SSSR count). The first-order valence-corrected chi connectivity index (χ1v) is 7.20. The monoisotopic (exact) mass is 252 g/mol. The Bertz CT molecular complexity index is 365. The topological polar surface area (TPSA) is 25.8 Å². The molecule has 0 amide bonds. The van der Waals surface area contributed by atoms with Gasteiger partial charge in [-0.2, -0.15) is 0 Å². The Morgan fingerprint density at radius 1 is 1.24 bits per heavy atom. The van der Waals surface area contributed by atoms with Crippen LogP contribution in [0.4, 0.5) is 0 Å². The normalized spacial score (nSPS) is 17.3. The number of nitrogens with zero attached hydrogens (tertiary/aromatic N) is 2.